The molecule has 0 aliphatic carbocycles. The first-order valence-corrected chi connectivity index (χ1v) is 13.1. The molecule has 3 aromatic rings. The fourth-order valence-electron chi connectivity index (χ4n) is 4.40. The molecule has 1 amide bonds. The first kappa shape index (κ1) is 26.9. The normalized spacial score (nSPS) is 13.1. The predicted octanol–water partition coefficient (Wildman–Crippen LogP) is 6.47. The lowest BCUT2D eigenvalue weighted by Gasteiger charge is -2.23. The number of ether oxygens (including phenoxy) is 2. The van der Waals surface area contributed by atoms with Crippen LogP contribution in [-0.4, -0.2) is 35.9 Å². The number of methoxy groups -OCH3 is 1. The van der Waals surface area contributed by atoms with Gasteiger partial charge in [0.15, 0.2) is 0 Å². The number of nitrogens with one attached hydrogen (secondary N) is 1. The molecule has 3 aromatic carbocycles. The Morgan fingerprint density at radius 1 is 1.00 bits per heavy atom. The fraction of sp³-hybridized carbons (Fsp3) is 0.281. The molecule has 0 bridgehead atoms. The molecular weight excluding hydrogens is 474 g/mol. The molecule has 1 aliphatic heterocycles. The van der Waals surface area contributed by atoms with Crippen LogP contribution in [0.4, 0.5) is 0 Å². The minimum atomic E-state index is 0.110. The molecule has 1 N–H and O–H groups in total. The maximum atomic E-state index is 12.5. The summed E-state index contributed by atoms with van der Waals surface area (Å²) in [5, 5.41) is 3.42. The van der Waals surface area contributed by atoms with Crippen molar-refractivity contribution in [2.24, 2.45) is 0 Å². The van der Waals surface area contributed by atoms with Crippen molar-refractivity contribution in [1.29, 1.82) is 0 Å². The number of amides is 1. The third kappa shape index (κ3) is 6.57. The second kappa shape index (κ2) is 12.4. The molecule has 4 rings (SSSR count). The van der Waals surface area contributed by atoms with Crippen LogP contribution in [0.5, 0.6) is 17.2 Å². The third-order valence-corrected chi connectivity index (χ3v) is 6.69. The van der Waals surface area contributed by atoms with Crippen molar-refractivity contribution in [2.45, 2.75) is 39.8 Å². The number of aryl methyl sites for hydroxylation is 1. The molecule has 6 heteroatoms. The Kier molecular flexibility index (Phi) is 8.74. The molecule has 1 aliphatic rings. The molecule has 6 nitrogen and oxygen atoms in total. The van der Waals surface area contributed by atoms with Crippen molar-refractivity contribution in [1.82, 2.24) is 15.1 Å². The van der Waals surface area contributed by atoms with Gasteiger partial charge in [0.2, 0.25) is 5.91 Å². The average Bonchev–Trinajstić information content (AvgIpc) is 3.19. The van der Waals surface area contributed by atoms with Crippen molar-refractivity contribution >= 4 is 11.6 Å². The molecule has 0 aromatic heterocycles. The Hall–Kier alpha value is -4.19. The van der Waals surface area contributed by atoms with E-state index in [1.165, 1.54) is 5.56 Å². The van der Waals surface area contributed by atoms with E-state index < -0.39 is 0 Å². The highest BCUT2D eigenvalue weighted by Crippen LogP contribution is 2.28. The third-order valence-electron chi connectivity index (χ3n) is 6.69. The summed E-state index contributed by atoms with van der Waals surface area (Å²) in [6.45, 7) is 14.9. The maximum Gasteiger partial charge on any atom is 0.247 e. The zero-order valence-electron chi connectivity index (χ0n) is 22.6. The van der Waals surface area contributed by atoms with Crippen LogP contribution in [0.25, 0.3) is 5.70 Å². The van der Waals surface area contributed by atoms with Crippen LogP contribution < -0.4 is 14.8 Å². The fourth-order valence-corrected chi connectivity index (χ4v) is 4.40. The summed E-state index contributed by atoms with van der Waals surface area (Å²) in [5.74, 6) is 3.23. The van der Waals surface area contributed by atoms with Crippen LogP contribution in [-0.2, 0) is 17.9 Å². The van der Waals surface area contributed by atoms with E-state index in [2.05, 4.69) is 38.4 Å². The lowest BCUT2D eigenvalue weighted by atomic mass is 10.1. The number of carbonyl (C=O) groups is 1. The van der Waals surface area contributed by atoms with E-state index in [4.69, 9.17) is 9.47 Å². The van der Waals surface area contributed by atoms with Gasteiger partial charge in [0, 0.05) is 30.9 Å². The molecule has 1 heterocycles. The number of hydrogen-bond acceptors (Lipinski definition) is 5. The summed E-state index contributed by atoms with van der Waals surface area (Å²) in [5.41, 5.74) is 5.03. The molecule has 0 unspecified atom stereocenters. The first-order chi connectivity index (χ1) is 18.4. The Morgan fingerprint density at radius 2 is 1.66 bits per heavy atom. The lowest BCUT2D eigenvalue weighted by molar-refractivity contribution is -0.125. The summed E-state index contributed by atoms with van der Waals surface area (Å²) in [6, 6.07) is 22.1. The van der Waals surface area contributed by atoms with Crippen LogP contribution in [0.15, 0.2) is 85.7 Å². The summed E-state index contributed by atoms with van der Waals surface area (Å²) in [7, 11) is 1.66. The van der Waals surface area contributed by atoms with Crippen molar-refractivity contribution in [3.8, 4) is 17.2 Å². The minimum Gasteiger partial charge on any atom is -0.496 e. The van der Waals surface area contributed by atoms with E-state index >= 15 is 0 Å². The zero-order chi connectivity index (χ0) is 27.1. The van der Waals surface area contributed by atoms with Crippen LogP contribution in [0.2, 0.25) is 0 Å². The standard InChI is InChI=1S/C32H37N3O3/c1-6-7-18-35-25(4)34(22-32(35)36)21-27-12-17-31(37-5)30(19-27)24(3)33-20-26-10-15-29(16-11-26)38-28-13-8-23(2)9-14-28/h8-17,19,33H,3-4,6-7,18,20-22H2,1-2,5H3. The van der Waals surface area contributed by atoms with Gasteiger partial charge in [-0.3, -0.25) is 9.69 Å². The van der Waals surface area contributed by atoms with E-state index in [1.807, 2.05) is 65.6 Å². The summed E-state index contributed by atoms with van der Waals surface area (Å²) in [6.07, 6.45) is 2.01. The average molecular weight is 512 g/mol. The predicted molar refractivity (Wildman–Crippen MR) is 153 cm³/mol. The second-order valence-electron chi connectivity index (χ2n) is 9.60. The maximum absolute atomic E-state index is 12.5. The van der Waals surface area contributed by atoms with E-state index in [0.717, 1.165) is 64.8 Å². The SMILES string of the molecule is C=C(NCc1ccc(Oc2ccc(C)cc2)cc1)c1cc(CN2CC(=O)N(CCCC)C2=C)ccc1OC. The topological polar surface area (TPSA) is 54.0 Å². The van der Waals surface area contributed by atoms with Gasteiger partial charge in [-0.25, -0.2) is 0 Å². The van der Waals surface area contributed by atoms with Gasteiger partial charge in [0.05, 0.1) is 13.7 Å². The minimum absolute atomic E-state index is 0.110. The van der Waals surface area contributed by atoms with Gasteiger partial charge in [-0.05, 0) is 60.9 Å². The highest BCUT2D eigenvalue weighted by Gasteiger charge is 2.30. The number of carbonyl (C=O) groups excluding carboxylic acids is 1. The molecule has 38 heavy (non-hydrogen) atoms. The van der Waals surface area contributed by atoms with Crippen molar-refractivity contribution in [3.05, 3.63) is 108 Å². The molecule has 1 saturated heterocycles. The highest BCUT2D eigenvalue weighted by molar-refractivity contribution is 5.82. The van der Waals surface area contributed by atoms with Crippen molar-refractivity contribution in [3.63, 3.8) is 0 Å². The summed E-state index contributed by atoms with van der Waals surface area (Å²) in [4.78, 5) is 16.3. The highest BCUT2D eigenvalue weighted by atomic mass is 16.5. The van der Waals surface area contributed by atoms with Gasteiger partial charge >= 0.3 is 0 Å². The Balaban J connectivity index is 1.37. The number of rotatable bonds is 12. The van der Waals surface area contributed by atoms with Gasteiger partial charge in [0.25, 0.3) is 0 Å². The first-order valence-electron chi connectivity index (χ1n) is 13.1. The Bertz CT molecular complexity index is 1280. The van der Waals surface area contributed by atoms with E-state index in [9.17, 15) is 4.79 Å². The molecule has 198 valence electrons. The van der Waals surface area contributed by atoms with Crippen molar-refractivity contribution in [2.75, 3.05) is 20.2 Å². The number of hydrogen-bond donors (Lipinski definition) is 1. The van der Waals surface area contributed by atoms with Crippen LogP contribution >= 0.6 is 0 Å². The Morgan fingerprint density at radius 3 is 2.32 bits per heavy atom. The quantitative estimate of drug-likeness (QED) is 0.302. The van der Waals surface area contributed by atoms with E-state index in [-0.39, 0.29) is 5.91 Å². The summed E-state index contributed by atoms with van der Waals surface area (Å²) < 4.78 is 11.5. The lowest BCUT2D eigenvalue weighted by Crippen LogP contribution is -2.25. The smallest absolute Gasteiger partial charge is 0.247 e. The molecule has 0 saturated carbocycles. The van der Waals surface area contributed by atoms with Gasteiger partial charge in [0.1, 0.15) is 23.1 Å². The molecule has 0 atom stereocenters. The second-order valence-corrected chi connectivity index (χ2v) is 9.60. The Labute approximate surface area is 226 Å². The molecule has 0 radical (unpaired) electrons. The van der Waals surface area contributed by atoms with Crippen LogP contribution in [0, 0.1) is 6.92 Å². The summed E-state index contributed by atoms with van der Waals surface area (Å²) >= 11 is 0. The van der Waals surface area contributed by atoms with Gasteiger partial charge < -0.3 is 19.7 Å². The van der Waals surface area contributed by atoms with Gasteiger partial charge in [-0.15, -0.1) is 0 Å². The van der Waals surface area contributed by atoms with Gasteiger partial charge in [-0.1, -0.05) is 62.4 Å². The monoisotopic (exact) mass is 511 g/mol. The number of unbranched alkanes of at least 4 members (excludes halogenated alkanes) is 1. The van der Waals surface area contributed by atoms with E-state index in [0.29, 0.717) is 19.6 Å². The molecule has 0 spiro atoms. The molecule has 1 fully saturated rings. The number of benzene rings is 3. The van der Waals surface area contributed by atoms with Gasteiger partial charge in [-0.2, -0.15) is 0 Å². The number of nitrogens with zero attached hydrogens (tertiary/aromatic N) is 2. The van der Waals surface area contributed by atoms with E-state index in [1.54, 1.807) is 12.0 Å². The largest absolute Gasteiger partial charge is 0.496 e. The zero-order valence-corrected chi connectivity index (χ0v) is 22.6. The van der Waals surface area contributed by atoms with Crippen LogP contribution in [0.1, 0.15) is 42.0 Å². The molecular formula is C32H37N3O3. The van der Waals surface area contributed by atoms with Crippen LogP contribution in [0.3, 0.4) is 0 Å². The van der Waals surface area contributed by atoms with Crippen molar-refractivity contribution < 1.29 is 14.3 Å².